The number of halogens is 1. The van der Waals surface area contributed by atoms with Crippen LogP contribution in [0.5, 0.6) is 5.75 Å². The number of hydrogen-bond acceptors (Lipinski definition) is 4. The van der Waals surface area contributed by atoms with Gasteiger partial charge in [0.05, 0.1) is 10.5 Å². The third-order valence-corrected chi connectivity index (χ3v) is 6.61. The summed E-state index contributed by atoms with van der Waals surface area (Å²) in [6.45, 7) is 0.899. The Labute approximate surface area is 184 Å². The van der Waals surface area contributed by atoms with E-state index < -0.39 is 6.16 Å². The van der Waals surface area contributed by atoms with Crippen LogP contribution in [-0.4, -0.2) is 34.6 Å². The second-order valence-electron chi connectivity index (χ2n) is 7.22. The molecule has 2 aromatic carbocycles. The first kappa shape index (κ1) is 20.8. The van der Waals surface area contributed by atoms with Crippen LogP contribution in [-0.2, 0) is 5.75 Å². The SMILES string of the molecule is O=C(O)Oc1ccc(Cl)c2[nH]cc(CSCCC3CC(c4ccccc4)=CCN3)c12. The summed E-state index contributed by atoms with van der Waals surface area (Å²) in [5, 5.41) is 13.9. The molecule has 0 fully saturated rings. The lowest BCUT2D eigenvalue weighted by molar-refractivity contribution is 0.145. The Balaban J connectivity index is 1.35. The predicted molar refractivity (Wildman–Crippen MR) is 124 cm³/mol. The topological polar surface area (TPSA) is 74.3 Å². The number of aromatic amines is 1. The van der Waals surface area contributed by atoms with E-state index in [1.54, 1.807) is 12.1 Å². The number of benzene rings is 2. The molecule has 1 atom stereocenters. The van der Waals surface area contributed by atoms with Gasteiger partial charge in [0.2, 0.25) is 0 Å². The van der Waals surface area contributed by atoms with Crippen LogP contribution in [0, 0.1) is 0 Å². The van der Waals surface area contributed by atoms with Crippen LogP contribution in [0.4, 0.5) is 4.79 Å². The molecular formula is C23H23ClN2O3S. The summed E-state index contributed by atoms with van der Waals surface area (Å²) in [4.78, 5) is 14.2. The van der Waals surface area contributed by atoms with Crippen molar-refractivity contribution < 1.29 is 14.6 Å². The van der Waals surface area contributed by atoms with E-state index >= 15 is 0 Å². The minimum Gasteiger partial charge on any atom is -0.449 e. The molecule has 0 amide bonds. The molecule has 1 aliphatic rings. The van der Waals surface area contributed by atoms with Gasteiger partial charge in [-0.25, -0.2) is 4.79 Å². The maximum absolute atomic E-state index is 11.0. The first-order chi connectivity index (χ1) is 14.6. The highest BCUT2D eigenvalue weighted by molar-refractivity contribution is 7.98. The van der Waals surface area contributed by atoms with E-state index in [1.807, 2.05) is 24.0 Å². The number of ether oxygens (including phenoxy) is 1. The number of hydrogen-bond donors (Lipinski definition) is 3. The molecule has 156 valence electrons. The van der Waals surface area contributed by atoms with Crippen molar-refractivity contribution in [3.63, 3.8) is 0 Å². The summed E-state index contributed by atoms with van der Waals surface area (Å²) >= 11 is 8.08. The van der Waals surface area contributed by atoms with Crippen LogP contribution in [0.3, 0.4) is 0 Å². The molecule has 0 aliphatic carbocycles. The third kappa shape index (κ3) is 4.83. The largest absolute Gasteiger partial charge is 0.511 e. The summed E-state index contributed by atoms with van der Waals surface area (Å²) < 4.78 is 4.95. The Bertz CT molecular complexity index is 1070. The summed E-state index contributed by atoms with van der Waals surface area (Å²) in [5.41, 5.74) is 4.41. The standard InChI is InChI=1S/C23H23ClN2O3S/c24-19-6-7-20(29-23(27)28)21-17(13-26-22(19)21)14-30-11-9-18-12-16(8-10-25-18)15-4-2-1-3-5-15/h1-8,13,18,25-26H,9-12,14H2,(H,27,28). The average Bonchev–Trinajstić information content (AvgIpc) is 3.19. The van der Waals surface area contributed by atoms with Crippen molar-refractivity contribution in [2.45, 2.75) is 24.6 Å². The van der Waals surface area contributed by atoms with E-state index in [2.05, 4.69) is 40.6 Å². The van der Waals surface area contributed by atoms with Gasteiger partial charge in [-0.2, -0.15) is 11.8 Å². The number of H-pyrrole nitrogens is 1. The Hall–Kier alpha value is -2.41. The van der Waals surface area contributed by atoms with Gasteiger partial charge in [0.1, 0.15) is 5.75 Å². The van der Waals surface area contributed by atoms with Gasteiger partial charge in [-0.1, -0.05) is 48.0 Å². The number of carboxylic acid groups (broad SMARTS) is 1. The second-order valence-corrected chi connectivity index (χ2v) is 8.74. The van der Waals surface area contributed by atoms with Gasteiger partial charge >= 0.3 is 6.16 Å². The van der Waals surface area contributed by atoms with Crippen LogP contribution < -0.4 is 10.1 Å². The zero-order chi connectivity index (χ0) is 20.9. The minimum absolute atomic E-state index is 0.310. The molecular weight excluding hydrogens is 420 g/mol. The van der Waals surface area contributed by atoms with E-state index in [-0.39, 0.29) is 0 Å². The lowest BCUT2D eigenvalue weighted by Gasteiger charge is -2.24. The number of aromatic nitrogens is 1. The fourth-order valence-corrected chi connectivity index (χ4v) is 5.07. The Morgan fingerprint density at radius 1 is 1.23 bits per heavy atom. The van der Waals surface area contributed by atoms with E-state index in [1.165, 1.54) is 11.1 Å². The van der Waals surface area contributed by atoms with Crippen molar-refractivity contribution in [2.24, 2.45) is 0 Å². The van der Waals surface area contributed by atoms with Crippen LogP contribution in [0.15, 0.2) is 54.7 Å². The number of rotatable bonds is 7. The third-order valence-electron chi connectivity index (χ3n) is 5.26. The lowest BCUT2D eigenvalue weighted by Crippen LogP contribution is -2.33. The van der Waals surface area contributed by atoms with Crippen molar-refractivity contribution in [1.29, 1.82) is 0 Å². The number of carbonyl (C=O) groups is 1. The lowest BCUT2D eigenvalue weighted by atomic mass is 9.94. The predicted octanol–water partition coefficient (Wildman–Crippen LogP) is 5.95. The fourth-order valence-electron chi connectivity index (χ4n) is 3.81. The van der Waals surface area contributed by atoms with Gasteiger partial charge in [-0.05, 0) is 47.4 Å². The molecule has 1 unspecified atom stereocenters. The van der Waals surface area contributed by atoms with Gasteiger partial charge in [0, 0.05) is 29.9 Å². The smallest absolute Gasteiger partial charge is 0.449 e. The number of thioether (sulfide) groups is 1. The molecule has 0 bridgehead atoms. The Morgan fingerprint density at radius 2 is 2.07 bits per heavy atom. The van der Waals surface area contributed by atoms with E-state index in [4.69, 9.17) is 21.4 Å². The Morgan fingerprint density at radius 3 is 2.87 bits per heavy atom. The van der Waals surface area contributed by atoms with E-state index in [0.717, 1.165) is 41.8 Å². The highest BCUT2D eigenvalue weighted by atomic mass is 35.5. The van der Waals surface area contributed by atoms with Crippen LogP contribution in [0.25, 0.3) is 16.5 Å². The Kier molecular flexibility index (Phi) is 6.67. The zero-order valence-electron chi connectivity index (χ0n) is 16.4. The highest BCUT2D eigenvalue weighted by Gasteiger charge is 2.17. The van der Waals surface area contributed by atoms with Crippen molar-refractivity contribution in [2.75, 3.05) is 12.3 Å². The van der Waals surface area contributed by atoms with Gasteiger partial charge in [0.15, 0.2) is 0 Å². The van der Waals surface area contributed by atoms with Crippen LogP contribution >= 0.6 is 23.4 Å². The van der Waals surface area contributed by atoms with Crippen molar-refractivity contribution in [3.05, 3.63) is 70.9 Å². The summed E-state index contributed by atoms with van der Waals surface area (Å²) in [6.07, 6.45) is 4.93. The van der Waals surface area contributed by atoms with Crippen molar-refractivity contribution >= 4 is 46.0 Å². The van der Waals surface area contributed by atoms with Crippen molar-refractivity contribution in [3.8, 4) is 5.75 Å². The highest BCUT2D eigenvalue weighted by Crippen LogP contribution is 2.35. The van der Waals surface area contributed by atoms with Crippen LogP contribution in [0.2, 0.25) is 5.02 Å². The minimum atomic E-state index is -1.33. The van der Waals surface area contributed by atoms with E-state index in [0.29, 0.717) is 22.3 Å². The van der Waals surface area contributed by atoms with Crippen LogP contribution in [0.1, 0.15) is 24.0 Å². The molecule has 2 heterocycles. The first-order valence-electron chi connectivity index (χ1n) is 9.86. The van der Waals surface area contributed by atoms with Gasteiger partial charge in [-0.15, -0.1) is 0 Å². The molecule has 1 aromatic heterocycles. The summed E-state index contributed by atoms with van der Waals surface area (Å²) in [6, 6.07) is 14.2. The summed E-state index contributed by atoms with van der Waals surface area (Å²) in [7, 11) is 0. The molecule has 0 spiro atoms. The monoisotopic (exact) mass is 442 g/mol. The molecule has 3 N–H and O–H groups in total. The second kappa shape index (κ2) is 9.60. The van der Waals surface area contributed by atoms with Gasteiger partial charge in [0.25, 0.3) is 0 Å². The molecule has 4 rings (SSSR count). The molecule has 1 aliphatic heterocycles. The molecule has 0 saturated heterocycles. The molecule has 0 radical (unpaired) electrons. The van der Waals surface area contributed by atoms with Gasteiger partial charge < -0.3 is 20.1 Å². The zero-order valence-corrected chi connectivity index (χ0v) is 17.9. The molecule has 5 nitrogen and oxygen atoms in total. The van der Waals surface area contributed by atoms with Crippen molar-refractivity contribution in [1.82, 2.24) is 10.3 Å². The maximum Gasteiger partial charge on any atom is 0.511 e. The molecule has 30 heavy (non-hydrogen) atoms. The first-order valence-corrected chi connectivity index (χ1v) is 11.4. The van der Waals surface area contributed by atoms with Gasteiger partial charge in [-0.3, -0.25) is 0 Å². The number of fused-ring (bicyclic) bond motifs is 1. The molecule has 3 aromatic rings. The van der Waals surface area contributed by atoms with E-state index in [9.17, 15) is 4.79 Å². The number of nitrogens with one attached hydrogen (secondary N) is 2. The normalized spacial score (nSPS) is 16.4. The maximum atomic E-state index is 11.0. The quantitative estimate of drug-likeness (QED) is 0.239. The molecule has 0 saturated carbocycles. The molecule has 7 heteroatoms. The fraction of sp³-hybridized carbons (Fsp3) is 0.261. The summed E-state index contributed by atoms with van der Waals surface area (Å²) in [5.74, 6) is 2.07. The average molecular weight is 443 g/mol.